The molecule has 0 aromatic heterocycles. The third kappa shape index (κ3) is 6.95. The van der Waals surface area contributed by atoms with Crippen molar-refractivity contribution in [2.45, 2.75) is 10.8 Å². The van der Waals surface area contributed by atoms with Crippen molar-refractivity contribution in [1.29, 1.82) is 0 Å². The van der Waals surface area contributed by atoms with Crippen LogP contribution in [0.4, 0.5) is 0 Å². The molecule has 0 N–H and O–H groups in total. The zero-order valence-electron chi connectivity index (χ0n) is 46.2. The molecule has 0 heteroatoms. The Bertz CT molecular complexity index is 4690. The van der Waals surface area contributed by atoms with E-state index in [0.717, 1.165) is 0 Å². The van der Waals surface area contributed by atoms with E-state index in [2.05, 4.69) is 328 Å². The first kappa shape index (κ1) is 48.1. The lowest BCUT2D eigenvalue weighted by Gasteiger charge is -2.37. The second-order valence-electron chi connectivity index (χ2n) is 22.9. The molecule has 390 valence electrons. The highest BCUT2D eigenvalue weighted by Crippen LogP contribution is 2.60. The van der Waals surface area contributed by atoms with Crippen LogP contribution in [0, 0.1) is 0 Å². The van der Waals surface area contributed by atoms with E-state index in [0.29, 0.717) is 0 Å². The summed E-state index contributed by atoms with van der Waals surface area (Å²) < 4.78 is 0. The first-order chi connectivity index (χ1) is 41.7. The Balaban J connectivity index is 0.862. The highest BCUT2D eigenvalue weighted by Gasteiger charge is 2.49. The van der Waals surface area contributed by atoms with Crippen LogP contribution in [0.1, 0.15) is 44.5 Å². The fourth-order valence-corrected chi connectivity index (χ4v) is 15.3. The smallest absolute Gasteiger partial charge is 0.0622 e. The van der Waals surface area contributed by atoms with Crippen LogP contribution in [0.3, 0.4) is 0 Å². The summed E-state index contributed by atoms with van der Waals surface area (Å²) in [4.78, 5) is 0. The molecule has 0 fully saturated rings. The standard InChI is InChI=1S/C84H54/c1-3-22-57(23-4-1)81-67-30-9-7-26-59(67)52-75-65(36-20-38-73(75)81)55-44-48-61(49-45-55)83(77-40-15-11-32-69(77)70-33-12-16-41-78(70)83)63-28-19-29-64(54-63)84(79-42-17-13-34-71(79)72-35-14-18-43-80(72)84)62-50-46-56(47-51-62)66-37-21-39-74-76(66)53-60-27-8-10-31-68(60)82(74)58-24-5-2-6-25-58/h1-54H. The van der Waals surface area contributed by atoms with Crippen molar-refractivity contribution in [2.75, 3.05) is 0 Å². The highest BCUT2D eigenvalue weighted by molar-refractivity contribution is 6.17. The SMILES string of the molecule is c1ccc(-c2c3ccccc3cc3c(-c4ccc(C5(c6cccc(C7(c8ccc(-c9cccc%10c(-c%11ccccc%11)c%11ccccc%11cc9%10)cc8)c8ccccc8-c8ccccc87)c6)c6ccccc6-c6ccccc65)cc4)cccc23)cc1. The van der Waals surface area contributed by atoms with Gasteiger partial charge in [0.25, 0.3) is 0 Å². The summed E-state index contributed by atoms with van der Waals surface area (Å²) in [5, 5.41) is 10.0. The molecule has 0 heterocycles. The van der Waals surface area contributed by atoms with Crippen LogP contribution >= 0.6 is 0 Å². The highest BCUT2D eigenvalue weighted by atomic mass is 14.5. The summed E-state index contributed by atoms with van der Waals surface area (Å²) in [7, 11) is 0. The second kappa shape index (κ2) is 19.0. The predicted molar refractivity (Wildman–Crippen MR) is 353 cm³/mol. The van der Waals surface area contributed by atoms with Gasteiger partial charge in [-0.1, -0.05) is 315 Å². The van der Waals surface area contributed by atoms with E-state index in [9.17, 15) is 0 Å². The summed E-state index contributed by atoms with van der Waals surface area (Å²) in [6, 6.07) is 123. The van der Waals surface area contributed by atoms with Gasteiger partial charge in [-0.3, -0.25) is 0 Å². The molecule has 2 aliphatic rings. The third-order valence-corrected chi connectivity index (χ3v) is 18.8. The maximum atomic E-state index is 2.57. The first-order valence-electron chi connectivity index (χ1n) is 29.4. The van der Waals surface area contributed by atoms with E-state index >= 15 is 0 Å². The maximum absolute atomic E-state index is 2.57. The molecule has 15 aromatic rings. The minimum atomic E-state index is -0.642. The molecule has 0 bridgehead atoms. The summed E-state index contributed by atoms with van der Waals surface area (Å²) in [5.41, 5.74) is 23.8. The van der Waals surface area contributed by atoms with Crippen LogP contribution in [0.25, 0.3) is 110 Å². The van der Waals surface area contributed by atoms with Crippen LogP contribution in [0.15, 0.2) is 328 Å². The Hall–Kier alpha value is -10.7. The van der Waals surface area contributed by atoms with Gasteiger partial charge in [0.2, 0.25) is 0 Å². The average Bonchev–Trinajstić information content (AvgIpc) is 2.26. The van der Waals surface area contributed by atoms with Crippen LogP contribution < -0.4 is 0 Å². The predicted octanol–water partition coefficient (Wildman–Crippen LogP) is 21.7. The van der Waals surface area contributed by atoms with Gasteiger partial charge in [-0.15, -0.1) is 0 Å². The molecular weight excluding hydrogens is 1010 g/mol. The van der Waals surface area contributed by atoms with Gasteiger partial charge < -0.3 is 0 Å². The zero-order chi connectivity index (χ0) is 55.3. The molecular formula is C84H54. The third-order valence-electron chi connectivity index (χ3n) is 18.8. The summed E-state index contributed by atoms with van der Waals surface area (Å²) in [5.74, 6) is 0. The Morgan fingerprint density at radius 3 is 0.869 bits per heavy atom. The molecule has 17 rings (SSSR count). The van der Waals surface area contributed by atoms with Gasteiger partial charge in [0, 0.05) is 0 Å². The maximum Gasteiger partial charge on any atom is 0.0713 e. The van der Waals surface area contributed by atoms with Gasteiger partial charge >= 0.3 is 0 Å². The molecule has 2 aliphatic carbocycles. The van der Waals surface area contributed by atoms with Crippen LogP contribution in [-0.2, 0) is 10.8 Å². The van der Waals surface area contributed by atoms with Gasteiger partial charge in [-0.05, 0) is 166 Å². The lowest BCUT2D eigenvalue weighted by Crippen LogP contribution is -2.32. The average molecular weight is 1060 g/mol. The number of hydrogen-bond acceptors (Lipinski definition) is 0. The van der Waals surface area contributed by atoms with E-state index < -0.39 is 10.8 Å². The zero-order valence-corrected chi connectivity index (χ0v) is 46.2. The fourth-order valence-electron chi connectivity index (χ4n) is 15.3. The normalized spacial score (nSPS) is 13.4. The van der Waals surface area contributed by atoms with Crippen LogP contribution in [-0.4, -0.2) is 0 Å². The monoisotopic (exact) mass is 1060 g/mol. The Morgan fingerprint density at radius 1 is 0.167 bits per heavy atom. The van der Waals surface area contributed by atoms with E-state index in [1.54, 1.807) is 0 Å². The summed E-state index contributed by atoms with van der Waals surface area (Å²) >= 11 is 0. The number of fused-ring (bicyclic) bond motifs is 10. The molecule has 15 aromatic carbocycles. The molecule has 0 nitrogen and oxygen atoms in total. The van der Waals surface area contributed by atoms with Crippen molar-refractivity contribution in [3.05, 3.63) is 372 Å². The molecule has 0 saturated carbocycles. The van der Waals surface area contributed by atoms with Gasteiger partial charge in [0.1, 0.15) is 0 Å². The van der Waals surface area contributed by atoms with Crippen molar-refractivity contribution >= 4 is 43.1 Å². The van der Waals surface area contributed by atoms with Gasteiger partial charge in [-0.25, -0.2) is 0 Å². The lowest BCUT2D eigenvalue weighted by atomic mass is 9.64. The van der Waals surface area contributed by atoms with Crippen molar-refractivity contribution in [2.24, 2.45) is 0 Å². The first-order valence-corrected chi connectivity index (χ1v) is 29.4. The van der Waals surface area contributed by atoms with Gasteiger partial charge in [-0.2, -0.15) is 0 Å². The topological polar surface area (TPSA) is 0 Å². The van der Waals surface area contributed by atoms with E-state index in [-0.39, 0.29) is 0 Å². The Kier molecular flexibility index (Phi) is 10.9. The molecule has 0 spiro atoms. The van der Waals surface area contributed by atoms with Crippen molar-refractivity contribution in [3.63, 3.8) is 0 Å². The van der Waals surface area contributed by atoms with Gasteiger partial charge in [0.05, 0.1) is 10.8 Å². The second-order valence-corrected chi connectivity index (χ2v) is 22.9. The number of benzene rings is 15. The largest absolute Gasteiger partial charge is 0.0713 e. The molecule has 0 aliphatic heterocycles. The van der Waals surface area contributed by atoms with E-state index in [1.807, 2.05) is 0 Å². The van der Waals surface area contributed by atoms with Crippen molar-refractivity contribution in [3.8, 4) is 66.8 Å². The van der Waals surface area contributed by atoms with E-state index in [4.69, 9.17) is 0 Å². The Morgan fingerprint density at radius 2 is 0.476 bits per heavy atom. The lowest BCUT2D eigenvalue weighted by molar-refractivity contribution is 0.740. The minimum Gasteiger partial charge on any atom is -0.0622 e. The molecule has 0 atom stereocenters. The van der Waals surface area contributed by atoms with Gasteiger partial charge in [0.15, 0.2) is 0 Å². The molecule has 84 heavy (non-hydrogen) atoms. The van der Waals surface area contributed by atoms with E-state index in [1.165, 1.54) is 154 Å². The van der Waals surface area contributed by atoms with Crippen molar-refractivity contribution < 1.29 is 0 Å². The summed E-state index contributed by atoms with van der Waals surface area (Å²) in [6.45, 7) is 0. The van der Waals surface area contributed by atoms with Crippen LogP contribution in [0.5, 0.6) is 0 Å². The van der Waals surface area contributed by atoms with Crippen molar-refractivity contribution in [1.82, 2.24) is 0 Å². The summed E-state index contributed by atoms with van der Waals surface area (Å²) in [6.07, 6.45) is 0. The Labute approximate surface area is 489 Å². The number of rotatable bonds is 8. The molecule has 0 unspecified atom stereocenters. The molecule has 0 radical (unpaired) electrons. The fraction of sp³-hybridized carbons (Fsp3) is 0.0238. The van der Waals surface area contributed by atoms with Crippen LogP contribution in [0.2, 0.25) is 0 Å². The quantitative estimate of drug-likeness (QED) is 0.133. The molecule has 0 amide bonds. The number of hydrogen-bond donors (Lipinski definition) is 0. The minimum absolute atomic E-state index is 0.642. The molecule has 0 saturated heterocycles.